The van der Waals surface area contributed by atoms with Crippen molar-refractivity contribution in [3.8, 4) is 0 Å². The summed E-state index contributed by atoms with van der Waals surface area (Å²) < 4.78 is 1.54. The maximum Gasteiger partial charge on any atom is 0.291 e. The number of hydrogen-bond acceptors (Lipinski definition) is 3. The van der Waals surface area contributed by atoms with Gasteiger partial charge in [-0.2, -0.15) is 5.10 Å². The second kappa shape index (κ2) is 4.26. The highest BCUT2D eigenvalue weighted by molar-refractivity contribution is 6.32. The van der Waals surface area contributed by atoms with Gasteiger partial charge >= 0.3 is 0 Å². The third kappa shape index (κ3) is 2.53. The molecule has 1 heterocycles. The fourth-order valence-corrected chi connectivity index (χ4v) is 2.19. The third-order valence-corrected chi connectivity index (χ3v) is 4.21. The lowest BCUT2D eigenvalue weighted by Gasteiger charge is -2.13. The zero-order valence-corrected chi connectivity index (χ0v) is 11.3. The maximum atomic E-state index is 12.2. The van der Waals surface area contributed by atoms with Crippen molar-refractivity contribution in [2.75, 3.05) is 11.9 Å². The summed E-state index contributed by atoms with van der Waals surface area (Å²) in [5.41, 5.74) is 0.777. The van der Waals surface area contributed by atoms with Gasteiger partial charge in [0.2, 0.25) is 0 Å². The van der Waals surface area contributed by atoms with E-state index < -0.39 is 0 Å². The Bertz CT molecular complexity index is 517. The molecule has 1 aromatic heterocycles. The van der Waals surface area contributed by atoms with Gasteiger partial charge in [-0.05, 0) is 37.0 Å². The van der Waals surface area contributed by atoms with Gasteiger partial charge in [0.1, 0.15) is 5.69 Å². The number of hydrogen-bond donors (Lipinski definition) is 1. The molecule has 1 N–H and O–H groups in total. The van der Waals surface area contributed by atoms with Gasteiger partial charge in [-0.3, -0.25) is 4.79 Å². The van der Waals surface area contributed by atoms with Crippen LogP contribution in [0.4, 0.5) is 5.69 Å². The minimum atomic E-state index is -0.0846. The Morgan fingerprint density at radius 3 is 2.89 bits per heavy atom. The molecule has 5 heteroatoms. The van der Waals surface area contributed by atoms with E-state index in [4.69, 9.17) is 11.6 Å². The standard InChI is InChI=1S/C13H18ClN3O/c1-13(4-5-13)8-15-11-10(14)6-16-17(12(11)18)7-9-2-3-9/h6,9,15H,2-5,7-8H2,1H3. The summed E-state index contributed by atoms with van der Waals surface area (Å²) in [6.45, 7) is 3.76. The van der Waals surface area contributed by atoms with E-state index in [0.29, 0.717) is 22.0 Å². The van der Waals surface area contributed by atoms with Crippen LogP contribution in [0.25, 0.3) is 0 Å². The van der Waals surface area contributed by atoms with E-state index in [-0.39, 0.29) is 5.56 Å². The zero-order valence-electron chi connectivity index (χ0n) is 10.6. The van der Waals surface area contributed by atoms with Crippen LogP contribution >= 0.6 is 11.6 Å². The van der Waals surface area contributed by atoms with Gasteiger partial charge in [0.05, 0.1) is 11.2 Å². The number of nitrogens with zero attached hydrogens (tertiary/aromatic N) is 2. The largest absolute Gasteiger partial charge is 0.379 e. The fraction of sp³-hybridized carbons (Fsp3) is 0.692. The highest BCUT2D eigenvalue weighted by Crippen LogP contribution is 2.44. The number of aromatic nitrogens is 2. The summed E-state index contributed by atoms with van der Waals surface area (Å²) >= 11 is 6.06. The van der Waals surface area contributed by atoms with Gasteiger partial charge in [-0.25, -0.2) is 4.68 Å². The van der Waals surface area contributed by atoms with Gasteiger partial charge in [0.15, 0.2) is 0 Å². The normalized spacial score (nSPS) is 20.8. The van der Waals surface area contributed by atoms with Gasteiger partial charge in [-0.1, -0.05) is 18.5 Å². The molecule has 0 aliphatic heterocycles. The SMILES string of the molecule is CC1(CNc2c(Cl)cnn(CC3CC3)c2=O)CC1. The van der Waals surface area contributed by atoms with Crippen LogP contribution in [0.2, 0.25) is 5.02 Å². The van der Waals surface area contributed by atoms with Crippen LogP contribution in [-0.4, -0.2) is 16.3 Å². The van der Waals surface area contributed by atoms with E-state index in [9.17, 15) is 4.79 Å². The number of rotatable bonds is 5. The minimum Gasteiger partial charge on any atom is -0.379 e. The molecule has 2 aliphatic carbocycles. The van der Waals surface area contributed by atoms with Crippen molar-refractivity contribution >= 4 is 17.3 Å². The lowest BCUT2D eigenvalue weighted by molar-refractivity contribution is 0.533. The average Bonchev–Trinajstić information content (AvgIpc) is 3.22. The van der Waals surface area contributed by atoms with E-state index in [1.807, 2.05) is 0 Å². The molecule has 2 aliphatic rings. The van der Waals surface area contributed by atoms with Crippen LogP contribution in [0.5, 0.6) is 0 Å². The third-order valence-electron chi connectivity index (χ3n) is 3.92. The average molecular weight is 268 g/mol. The molecule has 3 rings (SSSR count). The second-order valence-corrected chi connectivity index (χ2v) is 6.37. The van der Waals surface area contributed by atoms with E-state index in [0.717, 1.165) is 13.1 Å². The molecule has 0 atom stereocenters. The van der Waals surface area contributed by atoms with E-state index in [2.05, 4.69) is 17.3 Å². The smallest absolute Gasteiger partial charge is 0.291 e. The summed E-state index contributed by atoms with van der Waals surface area (Å²) in [5, 5.41) is 7.75. The monoisotopic (exact) mass is 267 g/mol. The summed E-state index contributed by atoms with van der Waals surface area (Å²) in [4.78, 5) is 12.2. The summed E-state index contributed by atoms with van der Waals surface area (Å²) in [5.74, 6) is 0.630. The molecule has 0 unspecified atom stereocenters. The van der Waals surface area contributed by atoms with Crippen molar-refractivity contribution < 1.29 is 0 Å². The van der Waals surface area contributed by atoms with Gasteiger partial charge in [0.25, 0.3) is 5.56 Å². The van der Waals surface area contributed by atoms with E-state index in [1.165, 1.54) is 25.7 Å². The molecule has 0 aromatic carbocycles. The Morgan fingerprint density at radius 2 is 2.28 bits per heavy atom. The molecule has 0 amide bonds. The van der Waals surface area contributed by atoms with Crippen molar-refractivity contribution in [1.82, 2.24) is 9.78 Å². The molecule has 0 spiro atoms. The number of halogens is 1. The van der Waals surface area contributed by atoms with Crippen LogP contribution in [0.3, 0.4) is 0 Å². The molecular formula is C13H18ClN3O. The first-order chi connectivity index (χ1) is 8.57. The molecule has 0 radical (unpaired) electrons. The highest BCUT2D eigenvalue weighted by atomic mass is 35.5. The molecule has 98 valence electrons. The van der Waals surface area contributed by atoms with Crippen LogP contribution in [0, 0.1) is 11.3 Å². The Labute approximate surface area is 111 Å². The molecule has 4 nitrogen and oxygen atoms in total. The van der Waals surface area contributed by atoms with Crippen molar-refractivity contribution in [1.29, 1.82) is 0 Å². The number of nitrogens with one attached hydrogen (secondary N) is 1. The highest BCUT2D eigenvalue weighted by Gasteiger charge is 2.37. The Kier molecular flexibility index (Phi) is 2.85. The fourth-order valence-electron chi connectivity index (χ4n) is 2.00. The topological polar surface area (TPSA) is 46.9 Å². The summed E-state index contributed by atoms with van der Waals surface area (Å²) in [6.07, 6.45) is 6.43. The van der Waals surface area contributed by atoms with Gasteiger partial charge < -0.3 is 5.32 Å². The molecule has 2 fully saturated rings. The Morgan fingerprint density at radius 1 is 1.56 bits per heavy atom. The predicted octanol–water partition coefficient (Wildman–Crippen LogP) is 2.52. The molecule has 0 saturated heterocycles. The summed E-state index contributed by atoms with van der Waals surface area (Å²) in [6, 6.07) is 0. The Balaban J connectivity index is 1.79. The van der Waals surface area contributed by atoms with E-state index in [1.54, 1.807) is 10.9 Å². The molecule has 2 saturated carbocycles. The van der Waals surface area contributed by atoms with Gasteiger partial charge in [0, 0.05) is 13.1 Å². The van der Waals surface area contributed by atoms with Crippen molar-refractivity contribution in [2.45, 2.75) is 39.2 Å². The first-order valence-electron chi connectivity index (χ1n) is 6.57. The zero-order chi connectivity index (χ0) is 12.8. The molecule has 0 bridgehead atoms. The maximum absolute atomic E-state index is 12.2. The van der Waals surface area contributed by atoms with Crippen LogP contribution < -0.4 is 10.9 Å². The predicted molar refractivity (Wildman–Crippen MR) is 72.1 cm³/mol. The number of anilines is 1. The molecule has 1 aromatic rings. The molecular weight excluding hydrogens is 250 g/mol. The van der Waals surface area contributed by atoms with Gasteiger partial charge in [-0.15, -0.1) is 0 Å². The van der Waals surface area contributed by atoms with E-state index >= 15 is 0 Å². The van der Waals surface area contributed by atoms with Crippen molar-refractivity contribution in [3.05, 3.63) is 21.6 Å². The Hall–Kier alpha value is -1.03. The quantitative estimate of drug-likeness (QED) is 0.892. The van der Waals surface area contributed by atoms with Crippen molar-refractivity contribution in [3.63, 3.8) is 0 Å². The lowest BCUT2D eigenvalue weighted by atomic mass is 10.1. The lowest BCUT2D eigenvalue weighted by Crippen LogP contribution is -2.28. The van der Waals surface area contributed by atoms with Crippen LogP contribution in [0.15, 0.2) is 11.0 Å². The first-order valence-corrected chi connectivity index (χ1v) is 6.95. The second-order valence-electron chi connectivity index (χ2n) is 5.96. The molecule has 18 heavy (non-hydrogen) atoms. The summed E-state index contributed by atoms with van der Waals surface area (Å²) in [7, 11) is 0. The van der Waals surface area contributed by atoms with Crippen molar-refractivity contribution in [2.24, 2.45) is 11.3 Å². The minimum absolute atomic E-state index is 0.0846. The first kappa shape index (κ1) is 12.0. The van der Waals surface area contributed by atoms with Crippen LogP contribution in [-0.2, 0) is 6.54 Å². The van der Waals surface area contributed by atoms with Crippen LogP contribution in [0.1, 0.15) is 32.6 Å².